The summed E-state index contributed by atoms with van der Waals surface area (Å²) in [7, 11) is 0. The maximum Gasteiger partial charge on any atom is 0.235 e. The first-order valence-corrected chi connectivity index (χ1v) is 12.4. The van der Waals surface area contributed by atoms with Crippen LogP contribution in [0.5, 0.6) is 0 Å². The molecule has 2 heterocycles. The van der Waals surface area contributed by atoms with Crippen LogP contribution in [0.1, 0.15) is 66.6 Å². The Balaban J connectivity index is 1.44. The van der Waals surface area contributed by atoms with Crippen molar-refractivity contribution in [3.8, 4) is 6.07 Å². The lowest BCUT2D eigenvalue weighted by atomic mass is 9.72. The fourth-order valence-corrected chi connectivity index (χ4v) is 6.48. The van der Waals surface area contributed by atoms with E-state index in [1.807, 2.05) is 6.92 Å². The van der Waals surface area contributed by atoms with Crippen molar-refractivity contribution < 1.29 is 4.79 Å². The van der Waals surface area contributed by atoms with Gasteiger partial charge in [-0.25, -0.2) is 9.97 Å². The van der Waals surface area contributed by atoms with Gasteiger partial charge in [-0.15, -0.1) is 11.3 Å². The van der Waals surface area contributed by atoms with Gasteiger partial charge in [0.1, 0.15) is 11.1 Å². The number of aromatic nitrogens is 2. The van der Waals surface area contributed by atoms with Gasteiger partial charge in [0.25, 0.3) is 0 Å². The van der Waals surface area contributed by atoms with Crippen LogP contribution in [0.4, 0.5) is 5.00 Å². The van der Waals surface area contributed by atoms with Crippen LogP contribution in [0.15, 0.2) is 5.16 Å². The third-order valence-electron chi connectivity index (χ3n) is 6.31. The Bertz CT molecular complexity index is 1030. The number of hydrogen-bond donors (Lipinski definition) is 1. The Morgan fingerprint density at radius 1 is 1.27 bits per heavy atom. The predicted molar refractivity (Wildman–Crippen MR) is 122 cm³/mol. The van der Waals surface area contributed by atoms with Crippen LogP contribution < -0.4 is 5.32 Å². The zero-order valence-electron chi connectivity index (χ0n) is 18.1. The van der Waals surface area contributed by atoms with Crippen LogP contribution in [0.3, 0.4) is 0 Å². The lowest BCUT2D eigenvalue weighted by Gasteiger charge is -2.33. The predicted octanol–water partition coefficient (Wildman–Crippen LogP) is 5.09. The minimum Gasteiger partial charge on any atom is -0.316 e. The summed E-state index contributed by atoms with van der Waals surface area (Å²) in [5.74, 6) is 0.745. The lowest BCUT2D eigenvalue weighted by molar-refractivity contribution is -0.113. The first-order valence-electron chi connectivity index (χ1n) is 10.6. The second-order valence-corrected chi connectivity index (χ2v) is 11.4. The summed E-state index contributed by atoms with van der Waals surface area (Å²) in [4.78, 5) is 23.1. The molecular formula is C23H28N4OS2. The van der Waals surface area contributed by atoms with Crippen LogP contribution in [0, 0.1) is 29.6 Å². The van der Waals surface area contributed by atoms with E-state index in [1.165, 1.54) is 22.2 Å². The molecule has 2 aromatic rings. The highest BCUT2D eigenvalue weighted by Crippen LogP contribution is 2.44. The fraction of sp³-hybridized carbons (Fsp3) is 0.565. The van der Waals surface area contributed by atoms with Gasteiger partial charge >= 0.3 is 0 Å². The number of thioether (sulfide) groups is 1. The number of aryl methyl sites for hydroxylation is 2. The number of carbonyl (C=O) groups is 1. The number of thiophene rings is 1. The van der Waals surface area contributed by atoms with Crippen molar-refractivity contribution in [3.05, 3.63) is 33.0 Å². The molecule has 4 rings (SSSR count). The summed E-state index contributed by atoms with van der Waals surface area (Å²) in [6.45, 7) is 8.87. The average molecular weight is 441 g/mol. The Kier molecular flexibility index (Phi) is 5.91. The second-order valence-electron chi connectivity index (χ2n) is 9.33. The summed E-state index contributed by atoms with van der Waals surface area (Å²) in [6, 6.07) is 2.34. The number of fused-ring (bicyclic) bond motifs is 2. The molecule has 5 nitrogen and oxygen atoms in total. The van der Waals surface area contributed by atoms with E-state index in [1.54, 1.807) is 11.3 Å². The molecule has 1 N–H and O–H groups in total. The van der Waals surface area contributed by atoms with Crippen LogP contribution in [-0.4, -0.2) is 21.6 Å². The molecule has 30 heavy (non-hydrogen) atoms. The molecule has 0 bridgehead atoms. The van der Waals surface area contributed by atoms with Gasteiger partial charge < -0.3 is 5.32 Å². The third-order valence-corrected chi connectivity index (χ3v) is 8.32. The number of nitrogens with one attached hydrogen (secondary N) is 1. The number of amides is 1. The number of anilines is 1. The van der Waals surface area contributed by atoms with E-state index in [0.717, 1.165) is 55.5 Å². The molecule has 0 saturated heterocycles. The molecule has 1 amide bonds. The molecule has 0 unspecified atom stereocenters. The van der Waals surface area contributed by atoms with Gasteiger partial charge in [-0.1, -0.05) is 32.5 Å². The molecule has 0 saturated carbocycles. The van der Waals surface area contributed by atoms with Gasteiger partial charge in [-0.05, 0) is 67.9 Å². The number of nitriles is 1. The number of hydrogen-bond acceptors (Lipinski definition) is 6. The van der Waals surface area contributed by atoms with Gasteiger partial charge in [-0.3, -0.25) is 4.79 Å². The largest absolute Gasteiger partial charge is 0.316 e. The smallest absolute Gasteiger partial charge is 0.235 e. The SMILES string of the molecule is Cc1nc(SCC(=O)Nc2sc3c(c2C#N)CC[C@@H](C(C)(C)C)C3)nc2c1CCC2. The van der Waals surface area contributed by atoms with Crippen molar-refractivity contribution in [1.82, 2.24) is 9.97 Å². The van der Waals surface area contributed by atoms with Crippen molar-refractivity contribution >= 4 is 34.0 Å². The number of rotatable bonds is 4. The number of carbonyl (C=O) groups excluding carboxylic acids is 1. The first kappa shape index (κ1) is 21.3. The van der Waals surface area contributed by atoms with Crippen molar-refractivity contribution in [3.63, 3.8) is 0 Å². The molecule has 0 spiro atoms. The van der Waals surface area contributed by atoms with Gasteiger partial charge in [-0.2, -0.15) is 5.26 Å². The van der Waals surface area contributed by atoms with Crippen molar-refractivity contribution in [1.29, 1.82) is 5.26 Å². The fourth-order valence-electron chi connectivity index (χ4n) is 4.48. The summed E-state index contributed by atoms with van der Waals surface area (Å²) >= 11 is 2.95. The summed E-state index contributed by atoms with van der Waals surface area (Å²) in [6.07, 6.45) is 6.20. The maximum absolute atomic E-state index is 12.6. The molecule has 7 heteroatoms. The van der Waals surface area contributed by atoms with Gasteiger partial charge in [0.2, 0.25) is 5.91 Å². The molecule has 2 aromatic heterocycles. The molecule has 0 fully saturated rings. The monoisotopic (exact) mass is 440 g/mol. The second kappa shape index (κ2) is 8.32. The van der Waals surface area contributed by atoms with Crippen molar-refractivity contribution in [2.75, 3.05) is 11.1 Å². The number of nitrogens with zero attached hydrogens (tertiary/aromatic N) is 3. The van der Waals surface area contributed by atoms with Crippen molar-refractivity contribution in [2.45, 2.75) is 71.4 Å². The van der Waals surface area contributed by atoms with Gasteiger partial charge in [0.15, 0.2) is 5.16 Å². The average Bonchev–Trinajstić information content (AvgIpc) is 3.29. The van der Waals surface area contributed by atoms with E-state index < -0.39 is 0 Å². The van der Waals surface area contributed by atoms with Crippen LogP contribution >= 0.6 is 23.1 Å². The Labute approximate surface area is 186 Å². The van der Waals surface area contributed by atoms with Crippen LogP contribution in [-0.2, 0) is 30.5 Å². The molecule has 0 aromatic carbocycles. The highest BCUT2D eigenvalue weighted by Gasteiger charge is 2.32. The lowest BCUT2D eigenvalue weighted by Crippen LogP contribution is -2.26. The summed E-state index contributed by atoms with van der Waals surface area (Å²) < 4.78 is 0. The van der Waals surface area contributed by atoms with Gasteiger partial charge in [0.05, 0.1) is 11.3 Å². The van der Waals surface area contributed by atoms with Crippen molar-refractivity contribution in [2.24, 2.45) is 11.3 Å². The van der Waals surface area contributed by atoms with E-state index in [-0.39, 0.29) is 17.1 Å². The topological polar surface area (TPSA) is 78.7 Å². The van der Waals surface area contributed by atoms with Crippen LogP contribution in [0.2, 0.25) is 0 Å². The Hall–Kier alpha value is -1.91. The summed E-state index contributed by atoms with van der Waals surface area (Å²) in [5, 5.41) is 14.1. The minimum absolute atomic E-state index is 0.107. The van der Waals surface area contributed by atoms with E-state index >= 15 is 0 Å². The summed E-state index contributed by atoms with van der Waals surface area (Å²) in [5.41, 5.74) is 5.50. The zero-order chi connectivity index (χ0) is 21.5. The molecule has 2 aliphatic carbocycles. The molecule has 2 aliphatic rings. The van der Waals surface area contributed by atoms with E-state index in [4.69, 9.17) is 0 Å². The van der Waals surface area contributed by atoms with E-state index in [0.29, 0.717) is 21.6 Å². The first-order chi connectivity index (χ1) is 14.3. The van der Waals surface area contributed by atoms with Gasteiger partial charge in [0, 0.05) is 16.3 Å². The molecular weight excluding hydrogens is 412 g/mol. The zero-order valence-corrected chi connectivity index (χ0v) is 19.7. The Morgan fingerprint density at radius 3 is 2.80 bits per heavy atom. The van der Waals surface area contributed by atoms with Crippen LogP contribution in [0.25, 0.3) is 0 Å². The van der Waals surface area contributed by atoms with E-state index in [9.17, 15) is 10.1 Å². The Morgan fingerprint density at radius 2 is 2.07 bits per heavy atom. The highest BCUT2D eigenvalue weighted by molar-refractivity contribution is 7.99. The highest BCUT2D eigenvalue weighted by atomic mass is 32.2. The molecule has 1 atom stereocenters. The minimum atomic E-state index is -0.107. The molecule has 0 aliphatic heterocycles. The van der Waals surface area contributed by atoms with E-state index in [2.05, 4.69) is 42.1 Å². The maximum atomic E-state index is 12.6. The third kappa shape index (κ3) is 4.26. The standard InChI is InChI=1S/C23H28N4OS2/c1-13-15-6-5-7-18(15)26-22(25-13)29-12-20(28)27-21-17(11-24)16-9-8-14(23(2,3)4)10-19(16)30-21/h14H,5-10,12H2,1-4H3,(H,27,28)/t14-/m1/s1. The molecule has 0 radical (unpaired) electrons. The molecule has 158 valence electrons. The normalized spacial score (nSPS) is 17.9. The quantitative estimate of drug-likeness (QED) is 0.529.